The van der Waals surface area contributed by atoms with Gasteiger partial charge in [-0.3, -0.25) is 4.90 Å². The number of hydrogen-bond donors (Lipinski definition) is 1. The van der Waals surface area contributed by atoms with Gasteiger partial charge in [-0.25, -0.2) is 0 Å². The fraction of sp³-hybridized carbons (Fsp3) is 0.135. The summed E-state index contributed by atoms with van der Waals surface area (Å²) in [6, 6.07) is 35.8. The third-order valence-corrected chi connectivity index (χ3v) is 9.10. The molecule has 2 aliphatic heterocycles. The van der Waals surface area contributed by atoms with Crippen LogP contribution in [0.3, 0.4) is 0 Å². The fourth-order valence-electron chi connectivity index (χ4n) is 6.10. The Labute approximate surface area is 272 Å². The Morgan fingerprint density at radius 3 is 2.24 bits per heavy atom. The maximum Gasteiger partial charge on any atom is 0.260 e. The van der Waals surface area contributed by atoms with Gasteiger partial charge in [0.15, 0.2) is 0 Å². The average Bonchev–Trinajstić information content (AvgIpc) is 3.56. The van der Waals surface area contributed by atoms with Gasteiger partial charge in [0.1, 0.15) is 5.76 Å². The Bertz CT molecular complexity index is 1950. The zero-order chi connectivity index (χ0) is 30.9. The van der Waals surface area contributed by atoms with E-state index in [0.29, 0.717) is 40.3 Å². The van der Waals surface area contributed by atoms with Gasteiger partial charge in [0, 0.05) is 46.2 Å². The van der Waals surface area contributed by atoms with Crippen molar-refractivity contribution in [2.24, 2.45) is 5.73 Å². The first-order valence-corrected chi connectivity index (χ1v) is 15.5. The predicted molar refractivity (Wildman–Crippen MR) is 179 cm³/mol. The van der Waals surface area contributed by atoms with E-state index >= 15 is 0 Å². The van der Waals surface area contributed by atoms with Crippen LogP contribution in [0.2, 0.25) is 10.0 Å². The molecule has 2 N–H and O–H groups in total. The zero-order valence-electron chi connectivity index (χ0n) is 24.5. The molecular weight excluding hydrogens is 603 g/mol. The molecule has 0 bridgehead atoms. The molecule has 7 rings (SSSR count). The van der Waals surface area contributed by atoms with Gasteiger partial charge in [-0.2, -0.15) is 4.98 Å². The Hall–Kier alpha value is -4.62. The third kappa shape index (κ3) is 5.69. The number of rotatable bonds is 6. The molecule has 4 aromatic carbocycles. The number of nitrogens with two attached hydrogens (primary N) is 1. The highest BCUT2D eigenvalue weighted by molar-refractivity contribution is 6.32. The van der Waals surface area contributed by atoms with Gasteiger partial charge in [0.2, 0.25) is 11.7 Å². The summed E-state index contributed by atoms with van der Waals surface area (Å²) in [6.45, 7) is 3.44. The number of allylic oxidation sites excluding steroid dienone is 1. The third-order valence-electron chi connectivity index (χ3n) is 8.41. The van der Waals surface area contributed by atoms with Crippen molar-refractivity contribution in [2.45, 2.75) is 18.9 Å². The minimum absolute atomic E-state index is 0.0987. The first-order valence-electron chi connectivity index (χ1n) is 14.8. The van der Waals surface area contributed by atoms with E-state index < -0.39 is 5.92 Å². The monoisotopic (exact) mass is 632 g/mol. The lowest BCUT2D eigenvalue weighted by atomic mass is 9.79. The summed E-state index contributed by atoms with van der Waals surface area (Å²) in [6.07, 6.45) is 2.09. The normalized spacial score (nSPS) is 18.6. The molecule has 0 radical (unpaired) electrons. The van der Waals surface area contributed by atoms with E-state index in [1.165, 1.54) is 5.56 Å². The van der Waals surface area contributed by atoms with Crippen molar-refractivity contribution in [1.29, 1.82) is 0 Å². The quantitative estimate of drug-likeness (QED) is 0.201. The van der Waals surface area contributed by atoms with Crippen LogP contribution < -0.4 is 5.73 Å². The molecular formula is C37H30Cl2N4O2. The van der Waals surface area contributed by atoms with E-state index in [1.807, 2.05) is 84.9 Å². The standard InChI is InChI=1S/C37H30Cl2N4O2/c1-23(24-12-4-2-5-13-24)43-21-27(20-26-16-8-10-18-30(26)38)34-29(22-43)32(28-17-9-11-19-31(28)39)33(35(40)44-34)37-41-36(42-45-37)25-14-6-3-7-15-25/h2-20,23,32H,21-22,40H2,1H3/b27-20+/t23-,32?/m1/s1. The molecule has 45 heavy (non-hydrogen) atoms. The van der Waals surface area contributed by atoms with Gasteiger partial charge < -0.3 is 15.0 Å². The van der Waals surface area contributed by atoms with Crippen molar-refractivity contribution in [3.05, 3.63) is 165 Å². The summed E-state index contributed by atoms with van der Waals surface area (Å²) in [5.74, 6) is 1.24. The maximum atomic E-state index is 6.93. The lowest BCUT2D eigenvalue weighted by Crippen LogP contribution is -2.39. The summed E-state index contributed by atoms with van der Waals surface area (Å²) in [5, 5.41) is 5.56. The van der Waals surface area contributed by atoms with Gasteiger partial charge in [-0.05, 0) is 47.4 Å². The molecule has 3 heterocycles. The molecule has 1 unspecified atom stereocenters. The molecule has 0 fully saturated rings. The van der Waals surface area contributed by atoms with E-state index in [1.54, 1.807) is 0 Å². The molecule has 0 amide bonds. The zero-order valence-corrected chi connectivity index (χ0v) is 26.0. The molecule has 0 aliphatic carbocycles. The van der Waals surface area contributed by atoms with Crippen LogP contribution in [0.1, 0.15) is 41.5 Å². The number of aromatic nitrogens is 2. The Morgan fingerprint density at radius 2 is 1.51 bits per heavy atom. The van der Waals surface area contributed by atoms with Crippen LogP contribution in [-0.2, 0) is 4.74 Å². The molecule has 0 saturated heterocycles. The fourth-order valence-corrected chi connectivity index (χ4v) is 6.54. The summed E-state index contributed by atoms with van der Waals surface area (Å²) in [7, 11) is 0. The number of nitrogens with zero attached hydrogens (tertiary/aromatic N) is 3. The van der Waals surface area contributed by atoms with Crippen molar-refractivity contribution >= 4 is 34.9 Å². The summed E-state index contributed by atoms with van der Waals surface area (Å²) < 4.78 is 12.4. The van der Waals surface area contributed by atoms with Crippen LogP contribution in [0.15, 0.2) is 137 Å². The second kappa shape index (κ2) is 12.4. The Kier molecular flexibility index (Phi) is 8.03. The lowest BCUT2D eigenvalue weighted by molar-refractivity contribution is 0.203. The second-order valence-electron chi connectivity index (χ2n) is 11.2. The smallest absolute Gasteiger partial charge is 0.260 e. The minimum Gasteiger partial charge on any atom is -0.441 e. The summed E-state index contributed by atoms with van der Waals surface area (Å²) >= 11 is 13.6. The average molecular weight is 634 g/mol. The van der Waals surface area contributed by atoms with Crippen LogP contribution >= 0.6 is 23.2 Å². The largest absolute Gasteiger partial charge is 0.441 e. The van der Waals surface area contributed by atoms with E-state index in [2.05, 4.69) is 47.3 Å². The van der Waals surface area contributed by atoms with E-state index in [0.717, 1.165) is 27.8 Å². The predicted octanol–water partition coefficient (Wildman–Crippen LogP) is 8.90. The lowest BCUT2D eigenvalue weighted by Gasteiger charge is -2.41. The molecule has 0 spiro atoms. The van der Waals surface area contributed by atoms with Crippen molar-refractivity contribution < 1.29 is 9.26 Å². The molecule has 224 valence electrons. The summed E-state index contributed by atoms with van der Waals surface area (Å²) in [5.41, 5.74) is 13.2. The Balaban J connectivity index is 1.40. The van der Waals surface area contributed by atoms with Crippen LogP contribution in [0, 0.1) is 0 Å². The molecule has 8 heteroatoms. The van der Waals surface area contributed by atoms with Crippen LogP contribution in [0.4, 0.5) is 0 Å². The minimum atomic E-state index is -0.410. The summed E-state index contributed by atoms with van der Waals surface area (Å²) in [4.78, 5) is 7.21. The van der Waals surface area contributed by atoms with E-state index in [-0.39, 0.29) is 17.8 Å². The molecule has 5 aromatic rings. The molecule has 2 atom stereocenters. The van der Waals surface area contributed by atoms with Crippen molar-refractivity contribution in [1.82, 2.24) is 15.0 Å². The van der Waals surface area contributed by atoms with Gasteiger partial charge in [-0.15, -0.1) is 0 Å². The first kappa shape index (κ1) is 29.1. The SMILES string of the molecule is C[C@H](c1ccccc1)N1CC2=C(OC(N)=C(c3nc(-c4ccccc4)no3)C2c2ccccc2Cl)/C(=C/c2ccccc2Cl)C1. The number of ether oxygens (including phenoxy) is 1. The highest BCUT2D eigenvalue weighted by Gasteiger charge is 2.42. The van der Waals surface area contributed by atoms with Gasteiger partial charge in [0.05, 0.1) is 5.57 Å². The van der Waals surface area contributed by atoms with Crippen LogP contribution in [0.25, 0.3) is 23.0 Å². The van der Waals surface area contributed by atoms with Gasteiger partial charge in [0.25, 0.3) is 5.89 Å². The molecule has 6 nitrogen and oxygen atoms in total. The van der Waals surface area contributed by atoms with Crippen LogP contribution in [0.5, 0.6) is 0 Å². The van der Waals surface area contributed by atoms with Crippen molar-refractivity contribution in [3.8, 4) is 11.4 Å². The van der Waals surface area contributed by atoms with Crippen molar-refractivity contribution in [3.63, 3.8) is 0 Å². The van der Waals surface area contributed by atoms with E-state index in [9.17, 15) is 0 Å². The van der Waals surface area contributed by atoms with E-state index in [4.69, 9.17) is 43.2 Å². The second-order valence-corrected chi connectivity index (χ2v) is 12.0. The maximum absolute atomic E-state index is 6.93. The van der Waals surface area contributed by atoms with Crippen molar-refractivity contribution in [2.75, 3.05) is 13.1 Å². The molecule has 0 saturated carbocycles. The van der Waals surface area contributed by atoms with Gasteiger partial charge in [-0.1, -0.05) is 125 Å². The first-order chi connectivity index (χ1) is 22.0. The van der Waals surface area contributed by atoms with Crippen LogP contribution in [-0.4, -0.2) is 28.1 Å². The number of benzene rings is 4. The highest BCUT2D eigenvalue weighted by Crippen LogP contribution is 2.50. The molecule has 2 aliphatic rings. The molecule has 1 aromatic heterocycles. The Morgan fingerprint density at radius 1 is 0.844 bits per heavy atom. The topological polar surface area (TPSA) is 77.4 Å². The number of halogens is 2. The van der Waals surface area contributed by atoms with Gasteiger partial charge >= 0.3 is 0 Å². The highest BCUT2D eigenvalue weighted by atomic mass is 35.5. The number of hydrogen-bond acceptors (Lipinski definition) is 6.